The molecule has 18 heavy (non-hydrogen) atoms. The summed E-state index contributed by atoms with van der Waals surface area (Å²) < 4.78 is 0. The van der Waals surface area contributed by atoms with Crippen LogP contribution in [0, 0.1) is 0 Å². The fourth-order valence-corrected chi connectivity index (χ4v) is 1.25. The Kier molecular flexibility index (Phi) is 5.09. The second kappa shape index (κ2) is 6.58. The third kappa shape index (κ3) is 4.04. The van der Waals surface area contributed by atoms with Crippen LogP contribution in [-0.2, 0) is 11.3 Å². The molecule has 0 heterocycles. The Morgan fingerprint density at radius 2 is 1.94 bits per heavy atom. The average Bonchev–Trinajstić information content (AvgIpc) is 2.38. The molecule has 0 saturated carbocycles. The van der Waals surface area contributed by atoms with Crippen LogP contribution < -0.4 is 21.8 Å². The van der Waals surface area contributed by atoms with Gasteiger partial charge in [-0.1, -0.05) is 12.1 Å². The normalized spacial score (nSPS) is 11.5. The van der Waals surface area contributed by atoms with Crippen LogP contribution in [0.2, 0.25) is 0 Å². The van der Waals surface area contributed by atoms with Crippen LogP contribution in [-0.4, -0.2) is 23.2 Å². The number of nitrogens with two attached hydrogens (primary N) is 1. The van der Waals surface area contributed by atoms with Gasteiger partial charge < -0.3 is 16.4 Å². The molecule has 0 radical (unpaired) electrons. The van der Waals surface area contributed by atoms with E-state index in [9.17, 15) is 9.59 Å². The van der Waals surface area contributed by atoms with E-state index in [2.05, 4.69) is 10.6 Å². The molecule has 1 unspecified atom stereocenters. The Morgan fingerprint density at radius 3 is 2.44 bits per heavy atom. The molecule has 6 N–H and O–H groups in total. The Balaban J connectivity index is 2.51. The Bertz CT molecular complexity index is 419. The van der Waals surface area contributed by atoms with E-state index >= 15 is 0 Å². The van der Waals surface area contributed by atoms with Crippen LogP contribution >= 0.6 is 0 Å². The van der Waals surface area contributed by atoms with E-state index < -0.39 is 18.0 Å². The van der Waals surface area contributed by atoms with Crippen molar-refractivity contribution in [1.82, 2.24) is 10.8 Å². The molecular weight excluding hydrogens is 236 g/mol. The van der Waals surface area contributed by atoms with Crippen LogP contribution in [0.4, 0.5) is 10.5 Å². The maximum atomic E-state index is 11.5. The molecule has 1 aromatic rings. The van der Waals surface area contributed by atoms with Gasteiger partial charge in [0.2, 0.25) is 0 Å². The summed E-state index contributed by atoms with van der Waals surface area (Å²) in [5, 5.41) is 13.3. The minimum atomic E-state index is -0.835. The smallest absolute Gasteiger partial charge is 0.319 e. The van der Waals surface area contributed by atoms with Crippen molar-refractivity contribution in [2.24, 2.45) is 5.73 Å². The largest absolute Gasteiger partial charge is 0.326 e. The summed E-state index contributed by atoms with van der Waals surface area (Å²) in [5.74, 6) is -0.691. The first kappa shape index (κ1) is 13.9. The first-order chi connectivity index (χ1) is 8.56. The molecule has 0 fully saturated rings. The second-order valence-corrected chi connectivity index (χ2v) is 3.70. The number of hydrogen-bond acceptors (Lipinski definition) is 4. The van der Waals surface area contributed by atoms with Crippen molar-refractivity contribution in [2.45, 2.75) is 19.5 Å². The Hall–Kier alpha value is -2.12. The number of carbonyl (C=O) groups excluding carboxylic acids is 2. The van der Waals surface area contributed by atoms with Crippen LogP contribution in [0.1, 0.15) is 12.5 Å². The van der Waals surface area contributed by atoms with E-state index in [4.69, 9.17) is 10.9 Å². The lowest BCUT2D eigenvalue weighted by Gasteiger charge is -2.12. The molecule has 1 rings (SSSR count). The highest BCUT2D eigenvalue weighted by molar-refractivity contribution is 5.93. The van der Waals surface area contributed by atoms with Crippen molar-refractivity contribution >= 4 is 17.6 Å². The van der Waals surface area contributed by atoms with E-state index in [-0.39, 0.29) is 0 Å². The lowest BCUT2D eigenvalue weighted by molar-refractivity contribution is -0.130. The first-order valence-corrected chi connectivity index (χ1v) is 5.37. The SMILES string of the molecule is CC(NC(=O)Nc1ccc(CN)cc1)C(=O)NO. The van der Waals surface area contributed by atoms with Crippen LogP contribution in [0.25, 0.3) is 0 Å². The number of hydroxylamine groups is 1. The minimum absolute atomic E-state index is 0.431. The number of hydrogen-bond donors (Lipinski definition) is 5. The number of amides is 3. The molecular formula is C11H16N4O3. The number of carbonyl (C=O) groups is 2. The maximum absolute atomic E-state index is 11.5. The fraction of sp³-hybridized carbons (Fsp3) is 0.273. The summed E-state index contributed by atoms with van der Waals surface area (Å²) in [7, 11) is 0. The number of anilines is 1. The van der Waals surface area contributed by atoms with Crippen molar-refractivity contribution in [3.8, 4) is 0 Å². The van der Waals surface area contributed by atoms with Gasteiger partial charge in [-0.05, 0) is 24.6 Å². The summed E-state index contributed by atoms with van der Waals surface area (Å²) in [5.41, 5.74) is 8.44. The number of urea groups is 1. The molecule has 7 heteroatoms. The Morgan fingerprint density at radius 1 is 1.33 bits per heavy atom. The zero-order valence-corrected chi connectivity index (χ0v) is 9.93. The average molecular weight is 252 g/mol. The molecule has 0 aliphatic heterocycles. The summed E-state index contributed by atoms with van der Waals surface area (Å²) in [6.07, 6.45) is 0. The highest BCUT2D eigenvalue weighted by Gasteiger charge is 2.14. The van der Waals surface area contributed by atoms with Crippen LogP contribution in [0.3, 0.4) is 0 Å². The summed E-state index contributed by atoms with van der Waals surface area (Å²) in [6, 6.07) is 5.63. The van der Waals surface area contributed by atoms with Gasteiger partial charge in [-0.2, -0.15) is 0 Å². The molecule has 7 nitrogen and oxygen atoms in total. The molecule has 1 aromatic carbocycles. The molecule has 0 spiro atoms. The molecule has 98 valence electrons. The van der Waals surface area contributed by atoms with Gasteiger partial charge in [-0.15, -0.1) is 0 Å². The highest BCUT2D eigenvalue weighted by Crippen LogP contribution is 2.08. The van der Waals surface area contributed by atoms with Gasteiger partial charge in [0.25, 0.3) is 5.91 Å². The zero-order valence-electron chi connectivity index (χ0n) is 9.93. The van der Waals surface area contributed by atoms with E-state index in [1.165, 1.54) is 12.4 Å². The van der Waals surface area contributed by atoms with Gasteiger partial charge in [0.05, 0.1) is 0 Å². The van der Waals surface area contributed by atoms with Crippen molar-refractivity contribution in [3.05, 3.63) is 29.8 Å². The van der Waals surface area contributed by atoms with Crippen LogP contribution in [0.15, 0.2) is 24.3 Å². The fourth-order valence-electron chi connectivity index (χ4n) is 1.25. The van der Waals surface area contributed by atoms with E-state index in [1.54, 1.807) is 24.3 Å². The third-order valence-electron chi connectivity index (χ3n) is 2.30. The van der Waals surface area contributed by atoms with Gasteiger partial charge in [0, 0.05) is 12.2 Å². The molecule has 0 saturated heterocycles. The van der Waals surface area contributed by atoms with Gasteiger partial charge in [0.1, 0.15) is 6.04 Å². The van der Waals surface area contributed by atoms with Gasteiger partial charge >= 0.3 is 6.03 Å². The van der Waals surface area contributed by atoms with E-state index in [0.717, 1.165) is 5.56 Å². The molecule has 0 aliphatic carbocycles. The van der Waals surface area contributed by atoms with Crippen molar-refractivity contribution < 1.29 is 14.8 Å². The van der Waals surface area contributed by atoms with Crippen molar-refractivity contribution in [3.63, 3.8) is 0 Å². The number of rotatable bonds is 4. The number of benzene rings is 1. The lowest BCUT2D eigenvalue weighted by atomic mass is 10.2. The van der Waals surface area contributed by atoms with Crippen molar-refractivity contribution in [1.29, 1.82) is 0 Å². The molecule has 1 atom stereocenters. The zero-order chi connectivity index (χ0) is 13.5. The number of nitrogens with one attached hydrogen (secondary N) is 3. The molecule has 0 bridgehead atoms. The summed E-state index contributed by atoms with van der Waals surface area (Å²) in [4.78, 5) is 22.5. The highest BCUT2D eigenvalue weighted by atomic mass is 16.5. The third-order valence-corrected chi connectivity index (χ3v) is 2.30. The monoisotopic (exact) mass is 252 g/mol. The molecule has 0 aliphatic rings. The summed E-state index contributed by atoms with van der Waals surface area (Å²) >= 11 is 0. The topological polar surface area (TPSA) is 116 Å². The van der Waals surface area contributed by atoms with Gasteiger partial charge in [-0.25, -0.2) is 10.3 Å². The summed E-state index contributed by atoms with van der Waals surface area (Å²) in [6.45, 7) is 1.88. The second-order valence-electron chi connectivity index (χ2n) is 3.70. The predicted octanol–water partition coefficient (Wildman–Crippen LogP) is 0.161. The first-order valence-electron chi connectivity index (χ1n) is 5.37. The van der Waals surface area contributed by atoms with Gasteiger partial charge in [-0.3, -0.25) is 10.0 Å². The van der Waals surface area contributed by atoms with Crippen LogP contribution in [0.5, 0.6) is 0 Å². The molecule has 0 aromatic heterocycles. The predicted molar refractivity (Wildman–Crippen MR) is 65.9 cm³/mol. The van der Waals surface area contributed by atoms with E-state index in [0.29, 0.717) is 12.2 Å². The standard InChI is InChI=1S/C11H16N4O3/c1-7(10(16)15-18)13-11(17)14-9-4-2-8(6-12)3-5-9/h2-5,7,18H,6,12H2,1H3,(H,15,16)(H2,13,14,17). The molecule has 3 amide bonds. The van der Waals surface area contributed by atoms with E-state index in [1.807, 2.05) is 0 Å². The maximum Gasteiger partial charge on any atom is 0.319 e. The quantitative estimate of drug-likeness (QED) is 0.387. The lowest BCUT2D eigenvalue weighted by Crippen LogP contribution is -2.45. The van der Waals surface area contributed by atoms with Gasteiger partial charge in [0.15, 0.2) is 0 Å². The Labute approximate surface area is 104 Å². The minimum Gasteiger partial charge on any atom is -0.326 e. The van der Waals surface area contributed by atoms with Crippen molar-refractivity contribution in [2.75, 3.05) is 5.32 Å².